The molecule has 1 saturated heterocycles. The van der Waals surface area contributed by atoms with E-state index < -0.39 is 0 Å². The fraction of sp³-hybridized carbons (Fsp3) is 0.333. The van der Waals surface area contributed by atoms with Gasteiger partial charge in [-0.3, -0.25) is 9.47 Å². The van der Waals surface area contributed by atoms with E-state index in [1.54, 1.807) is 18.2 Å². The van der Waals surface area contributed by atoms with E-state index in [4.69, 9.17) is 16.1 Å². The summed E-state index contributed by atoms with van der Waals surface area (Å²) in [6.07, 6.45) is 3.62. The second-order valence-corrected chi connectivity index (χ2v) is 9.56. The minimum Gasteiger partial charge on any atom is -0.338 e. The van der Waals surface area contributed by atoms with Gasteiger partial charge in [0.2, 0.25) is 11.7 Å². The van der Waals surface area contributed by atoms with Crippen molar-refractivity contribution in [2.24, 2.45) is 0 Å². The topological polar surface area (TPSA) is 72.9 Å². The molecular weight excluding hydrogens is 475 g/mol. The monoisotopic (exact) mass is 498 g/mol. The van der Waals surface area contributed by atoms with Gasteiger partial charge in [-0.15, -0.1) is 10.2 Å². The first-order valence-electron chi connectivity index (χ1n) is 11.3. The Bertz CT molecular complexity index is 1250. The molecule has 0 N–H and O–H groups in total. The molecule has 4 aromatic rings. The lowest BCUT2D eigenvalue weighted by Gasteiger charge is -2.31. The molecule has 2 aromatic carbocycles. The van der Waals surface area contributed by atoms with Gasteiger partial charge in [-0.2, -0.15) is 4.98 Å². The van der Waals surface area contributed by atoms with Crippen LogP contribution in [0.25, 0.3) is 17.1 Å². The number of rotatable bonds is 7. The smallest absolute Gasteiger partial charge is 0.237 e. The number of likely N-dealkylation sites (tertiary alicyclic amines) is 1. The Kier molecular flexibility index (Phi) is 6.94. The van der Waals surface area contributed by atoms with E-state index in [9.17, 15) is 4.39 Å². The van der Waals surface area contributed by atoms with Crippen molar-refractivity contribution in [2.75, 3.05) is 13.1 Å². The summed E-state index contributed by atoms with van der Waals surface area (Å²) in [6.45, 7) is 4.22. The Balaban J connectivity index is 1.41. The Morgan fingerprint density at radius 1 is 1.06 bits per heavy atom. The van der Waals surface area contributed by atoms with Gasteiger partial charge in [-0.05, 0) is 69.3 Å². The van der Waals surface area contributed by atoms with E-state index in [1.807, 2.05) is 22.8 Å². The average Bonchev–Trinajstić information content (AvgIpc) is 3.51. The first-order chi connectivity index (χ1) is 16.6. The zero-order valence-corrected chi connectivity index (χ0v) is 20.3. The largest absolute Gasteiger partial charge is 0.338 e. The molecule has 0 saturated carbocycles. The van der Waals surface area contributed by atoms with Crippen LogP contribution in [0, 0.1) is 5.82 Å². The normalized spacial score (nSPS) is 15.5. The summed E-state index contributed by atoms with van der Waals surface area (Å²) in [5.74, 6) is 1.86. The molecule has 1 fully saturated rings. The van der Waals surface area contributed by atoms with E-state index >= 15 is 0 Å². The SMILES string of the molecule is C[C@@H](c1nnc(SCc2nc(-c3ccccc3Cl)no2)n1-c1ccc(F)cc1)N1CCCCC1. The number of nitrogens with zero attached hydrogens (tertiary/aromatic N) is 6. The second kappa shape index (κ2) is 10.2. The fourth-order valence-corrected chi connectivity index (χ4v) is 5.16. The Hall–Kier alpha value is -2.75. The first kappa shape index (κ1) is 23.0. The summed E-state index contributed by atoms with van der Waals surface area (Å²) < 4.78 is 21.1. The second-order valence-electron chi connectivity index (χ2n) is 8.21. The lowest BCUT2D eigenvalue weighted by Crippen LogP contribution is -2.33. The van der Waals surface area contributed by atoms with Crippen molar-refractivity contribution in [3.05, 3.63) is 71.1 Å². The molecule has 0 bridgehead atoms. The van der Waals surface area contributed by atoms with Crippen LogP contribution in [0.2, 0.25) is 5.02 Å². The molecule has 176 valence electrons. The molecule has 0 amide bonds. The molecule has 10 heteroatoms. The van der Waals surface area contributed by atoms with E-state index in [0.717, 1.165) is 30.2 Å². The van der Waals surface area contributed by atoms with Crippen LogP contribution in [0.1, 0.15) is 43.9 Å². The summed E-state index contributed by atoms with van der Waals surface area (Å²) >= 11 is 7.70. The highest BCUT2D eigenvalue weighted by Gasteiger charge is 2.26. The predicted molar refractivity (Wildman–Crippen MR) is 129 cm³/mol. The van der Waals surface area contributed by atoms with Crippen molar-refractivity contribution < 1.29 is 8.91 Å². The number of thioether (sulfide) groups is 1. The highest BCUT2D eigenvalue weighted by atomic mass is 35.5. The van der Waals surface area contributed by atoms with Crippen molar-refractivity contribution in [1.82, 2.24) is 29.8 Å². The molecule has 7 nitrogen and oxygen atoms in total. The van der Waals surface area contributed by atoms with Gasteiger partial charge in [-0.1, -0.05) is 47.1 Å². The van der Waals surface area contributed by atoms with Crippen molar-refractivity contribution in [2.45, 2.75) is 43.1 Å². The summed E-state index contributed by atoms with van der Waals surface area (Å²) in [5.41, 5.74) is 1.53. The molecule has 0 aliphatic carbocycles. The molecule has 1 aliphatic heterocycles. The number of hydrogen-bond acceptors (Lipinski definition) is 7. The Morgan fingerprint density at radius 2 is 1.82 bits per heavy atom. The van der Waals surface area contributed by atoms with Gasteiger partial charge in [0.25, 0.3) is 0 Å². The van der Waals surface area contributed by atoms with Crippen LogP contribution < -0.4 is 0 Å². The van der Waals surface area contributed by atoms with Crippen LogP contribution in [0.4, 0.5) is 4.39 Å². The van der Waals surface area contributed by atoms with Crippen LogP contribution in [0.15, 0.2) is 58.2 Å². The number of aromatic nitrogens is 5. The van der Waals surface area contributed by atoms with E-state index in [-0.39, 0.29) is 11.9 Å². The maximum atomic E-state index is 13.6. The number of hydrogen-bond donors (Lipinski definition) is 0. The lowest BCUT2D eigenvalue weighted by molar-refractivity contribution is 0.167. The van der Waals surface area contributed by atoms with E-state index in [2.05, 4.69) is 32.2 Å². The third-order valence-electron chi connectivity index (χ3n) is 5.96. The summed E-state index contributed by atoms with van der Waals surface area (Å²) in [7, 11) is 0. The lowest BCUT2D eigenvalue weighted by atomic mass is 10.1. The molecule has 1 atom stereocenters. The first-order valence-corrected chi connectivity index (χ1v) is 12.6. The third kappa shape index (κ3) is 4.87. The van der Waals surface area contributed by atoms with Gasteiger partial charge in [0, 0.05) is 11.3 Å². The molecule has 2 aromatic heterocycles. The van der Waals surface area contributed by atoms with Crippen molar-refractivity contribution >= 4 is 23.4 Å². The highest BCUT2D eigenvalue weighted by Crippen LogP contribution is 2.31. The molecular formula is C24H24ClFN6OS. The third-order valence-corrected chi connectivity index (χ3v) is 7.21. The number of halogens is 2. The van der Waals surface area contributed by atoms with Crippen LogP contribution in [-0.2, 0) is 5.75 Å². The quantitative estimate of drug-likeness (QED) is 0.291. The van der Waals surface area contributed by atoms with Gasteiger partial charge in [0.05, 0.1) is 16.8 Å². The van der Waals surface area contributed by atoms with Crippen LogP contribution in [0.5, 0.6) is 0 Å². The van der Waals surface area contributed by atoms with Crippen molar-refractivity contribution in [3.8, 4) is 17.1 Å². The molecule has 0 radical (unpaired) electrons. The van der Waals surface area contributed by atoms with Gasteiger partial charge < -0.3 is 4.52 Å². The van der Waals surface area contributed by atoms with Crippen molar-refractivity contribution in [3.63, 3.8) is 0 Å². The van der Waals surface area contributed by atoms with E-state index in [0.29, 0.717) is 27.6 Å². The maximum absolute atomic E-state index is 13.6. The van der Waals surface area contributed by atoms with Crippen LogP contribution >= 0.6 is 23.4 Å². The van der Waals surface area contributed by atoms with Gasteiger partial charge in [0.1, 0.15) is 5.82 Å². The zero-order chi connectivity index (χ0) is 23.5. The minimum absolute atomic E-state index is 0.0856. The maximum Gasteiger partial charge on any atom is 0.237 e. The fourth-order valence-electron chi connectivity index (χ4n) is 4.14. The van der Waals surface area contributed by atoms with E-state index in [1.165, 1.54) is 43.2 Å². The van der Waals surface area contributed by atoms with Gasteiger partial charge >= 0.3 is 0 Å². The predicted octanol–water partition coefficient (Wildman–Crippen LogP) is 5.95. The molecule has 5 rings (SSSR count). The number of piperidine rings is 1. The number of benzene rings is 2. The molecule has 1 aliphatic rings. The molecule has 34 heavy (non-hydrogen) atoms. The minimum atomic E-state index is -0.283. The molecule has 0 unspecified atom stereocenters. The standard InChI is InChI=1S/C24H24ClFN6OS/c1-16(31-13-5-2-6-14-31)23-28-29-24(32(23)18-11-9-17(26)10-12-18)34-15-21-27-22(30-33-21)19-7-3-4-8-20(19)25/h3-4,7-12,16H,2,5-6,13-15H2,1H3/t16-/m0/s1. The molecule has 0 spiro atoms. The van der Waals surface area contributed by atoms with Crippen LogP contribution in [-0.4, -0.2) is 42.9 Å². The molecule has 3 heterocycles. The van der Waals surface area contributed by atoms with Gasteiger partial charge in [-0.25, -0.2) is 4.39 Å². The summed E-state index contributed by atoms with van der Waals surface area (Å²) in [4.78, 5) is 6.91. The average molecular weight is 499 g/mol. The Labute approximate surface area is 206 Å². The van der Waals surface area contributed by atoms with Crippen LogP contribution in [0.3, 0.4) is 0 Å². The summed E-state index contributed by atoms with van der Waals surface area (Å²) in [5, 5.41) is 14.3. The highest BCUT2D eigenvalue weighted by molar-refractivity contribution is 7.98. The zero-order valence-electron chi connectivity index (χ0n) is 18.7. The Morgan fingerprint density at radius 3 is 2.59 bits per heavy atom. The van der Waals surface area contributed by atoms with Crippen molar-refractivity contribution in [1.29, 1.82) is 0 Å². The van der Waals surface area contributed by atoms with Gasteiger partial charge in [0.15, 0.2) is 11.0 Å². The summed E-state index contributed by atoms with van der Waals surface area (Å²) in [6, 6.07) is 13.9.